The summed E-state index contributed by atoms with van der Waals surface area (Å²) in [5.74, 6) is 2.98. The molecule has 0 bridgehead atoms. The van der Waals surface area contributed by atoms with Crippen LogP contribution in [0.2, 0.25) is 0 Å². The van der Waals surface area contributed by atoms with Crippen molar-refractivity contribution in [2.24, 2.45) is 0 Å². The van der Waals surface area contributed by atoms with Crippen LogP contribution in [-0.4, -0.2) is 22.9 Å². The number of ether oxygens (including phenoxy) is 2. The molecule has 0 fully saturated rings. The Labute approximate surface area is 270 Å². The fraction of sp³-hybridized carbons (Fsp3) is 0.278. The molecule has 0 unspecified atom stereocenters. The zero-order chi connectivity index (χ0) is 31.0. The van der Waals surface area contributed by atoms with Crippen LogP contribution in [0.5, 0.6) is 23.0 Å². The zero-order valence-electron chi connectivity index (χ0n) is 26.4. The van der Waals surface area contributed by atoms with E-state index >= 15 is 0 Å². The predicted molar refractivity (Wildman–Crippen MR) is 170 cm³/mol. The van der Waals surface area contributed by atoms with Crippen molar-refractivity contribution >= 4 is 5.78 Å². The minimum atomic E-state index is -0.125. The van der Waals surface area contributed by atoms with Gasteiger partial charge in [0.1, 0.15) is 11.5 Å². The van der Waals surface area contributed by atoms with Crippen LogP contribution in [0.1, 0.15) is 52.8 Å². The van der Waals surface area contributed by atoms with Crippen molar-refractivity contribution in [2.75, 3.05) is 7.05 Å². The Hall–Kier alpha value is -3.73. The Morgan fingerprint density at radius 3 is 1.88 bits per heavy atom. The second-order valence-corrected chi connectivity index (χ2v) is 10.7. The molecule has 0 aliphatic heterocycles. The van der Waals surface area contributed by atoms with E-state index in [4.69, 9.17) is 14.6 Å². The van der Waals surface area contributed by atoms with Gasteiger partial charge in [-0.2, -0.15) is 0 Å². The molecular formula is C36H41N2O4Pt-. The fourth-order valence-corrected chi connectivity index (χ4v) is 4.90. The number of hydrogen-bond acceptors (Lipinski definition) is 6. The number of nitrogens with zero attached hydrogens (tertiary/aromatic N) is 1. The number of carbonyl (C=O) groups is 1. The Kier molecular flexibility index (Phi) is 13.4. The van der Waals surface area contributed by atoms with Crippen LogP contribution in [0.15, 0.2) is 66.6 Å². The number of carbonyl (C=O) groups excluding carboxylic acids is 1. The number of aryl methyl sites for hydroxylation is 6. The number of hydrogen-bond donors (Lipinski definition) is 2. The number of rotatable bonds is 8. The second-order valence-electron chi connectivity index (χ2n) is 10.7. The molecule has 2 N–H and O–H groups in total. The number of aliphatic hydroxyl groups excluding tert-OH is 1. The fourth-order valence-electron chi connectivity index (χ4n) is 4.90. The molecule has 0 amide bonds. The third-order valence-electron chi connectivity index (χ3n) is 6.39. The Morgan fingerprint density at radius 1 is 0.884 bits per heavy atom. The standard InChI is InChI=1S/C31H33N2O2.C5H8O2.Pt/c1-19-12-21(3)30(22(4)13-19)34-26-8-9-27(28-16-25(18-32-7)10-11-33-28)29(17-26)35-31-23(5)14-20(2)15-24(31)6;1-4(6)3-5(2)7;/h8,10-17,32H,18H2,1-7H3;3,6H,1-2H3;/q-1;;/b;4-3-;. The van der Waals surface area contributed by atoms with Crippen LogP contribution in [0, 0.1) is 47.6 Å². The van der Waals surface area contributed by atoms with Gasteiger partial charge in [0, 0.05) is 51.4 Å². The summed E-state index contributed by atoms with van der Waals surface area (Å²) in [5, 5.41) is 11.6. The molecule has 7 heteroatoms. The summed E-state index contributed by atoms with van der Waals surface area (Å²) in [6.45, 7) is 16.1. The maximum absolute atomic E-state index is 10.0. The van der Waals surface area contributed by atoms with Crippen LogP contribution in [-0.2, 0) is 32.4 Å². The molecule has 43 heavy (non-hydrogen) atoms. The summed E-state index contributed by atoms with van der Waals surface area (Å²) in [7, 11) is 1.94. The topological polar surface area (TPSA) is 80.7 Å². The number of aliphatic hydroxyl groups is 1. The van der Waals surface area contributed by atoms with Gasteiger partial charge in [0.15, 0.2) is 5.78 Å². The van der Waals surface area contributed by atoms with Gasteiger partial charge in [-0.25, -0.2) is 0 Å². The number of aromatic nitrogens is 1. The van der Waals surface area contributed by atoms with Crippen molar-refractivity contribution in [2.45, 2.75) is 61.9 Å². The molecule has 6 nitrogen and oxygen atoms in total. The molecule has 0 atom stereocenters. The predicted octanol–water partition coefficient (Wildman–Crippen LogP) is 8.74. The Bertz CT molecular complexity index is 1560. The number of ketones is 1. The van der Waals surface area contributed by atoms with Crippen molar-refractivity contribution in [3.05, 3.63) is 112 Å². The summed E-state index contributed by atoms with van der Waals surface area (Å²) in [4.78, 5) is 14.6. The molecule has 0 aliphatic rings. The Morgan fingerprint density at radius 2 is 1.42 bits per heavy atom. The van der Waals surface area contributed by atoms with E-state index in [9.17, 15) is 4.79 Å². The van der Waals surface area contributed by atoms with Gasteiger partial charge in [0.25, 0.3) is 0 Å². The molecule has 0 saturated carbocycles. The molecule has 0 saturated heterocycles. The number of pyridine rings is 1. The van der Waals surface area contributed by atoms with Crippen molar-refractivity contribution in [3.63, 3.8) is 0 Å². The first-order chi connectivity index (χ1) is 19.9. The molecule has 4 aromatic rings. The summed E-state index contributed by atoms with van der Waals surface area (Å²) in [6.07, 6.45) is 2.99. The Balaban J connectivity index is 0.000000721. The first-order valence-corrected chi connectivity index (χ1v) is 13.9. The number of benzene rings is 3. The van der Waals surface area contributed by atoms with Gasteiger partial charge in [-0.15, -0.1) is 12.1 Å². The molecular weight excluding hydrogens is 719 g/mol. The normalized spacial score (nSPS) is 10.8. The molecule has 1 aromatic heterocycles. The van der Waals surface area contributed by atoms with E-state index in [1.54, 1.807) is 0 Å². The van der Waals surface area contributed by atoms with Crippen molar-refractivity contribution < 1.29 is 40.4 Å². The minimum absolute atomic E-state index is 0. The summed E-state index contributed by atoms with van der Waals surface area (Å²) < 4.78 is 12.9. The van der Waals surface area contributed by atoms with Crippen LogP contribution >= 0.6 is 0 Å². The average molecular weight is 761 g/mol. The average Bonchev–Trinajstić information content (AvgIpc) is 2.88. The van der Waals surface area contributed by atoms with Crippen LogP contribution in [0.25, 0.3) is 11.3 Å². The maximum atomic E-state index is 10.0. The van der Waals surface area contributed by atoms with E-state index in [0.717, 1.165) is 57.1 Å². The van der Waals surface area contributed by atoms with Crippen LogP contribution in [0.4, 0.5) is 0 Å². The van der Waals surface area contributed by atoms with E-state index in [1.807, 2.05) is 31.4 Å². The minimum Gasteiger partial charge on any atom is -0.512 e. The first kappa shape index (κ1) is 35.5. The van der Waals surface area contributed by atoms with Crippen LogP contribution in [0.3, 0.4) is 0 Å². The van der Waals surface area contributed by atoms with Gasteiger partial charge in [-0.1, -0.05) is 53.1 Å². The molecule has 230 valence electrons. The second kappa shape index (κ2) is 16.2. The van der Waals surface area contributed by atoms with Gasteiger partial charge < -0.3 is 24.9 Å². The van der Waals surface area contributed by atoms with Gasteiger partial charge in [0.2, 0.25) is 0 Å². The monoisotopic (exact) mass is 760 g/mol. The zero-order valence-corrected chi connectivity index (χ0v) is 28.7. The van der Waals surface area contributed by atoms with Gasteiger partial charge >= 0.3 is 0 Å². The van der Waals surface area contributed by atoms with E-state index in [2.05, 4.69) is 88.2 Å². The summed E-state index contributed by atoms with van der Waals surface area (Å²) in [5.41, 5.74) is 9.55. The molecule has 0 radical (unpaired) electrons. The molecule has 1 heterocycles. The molecule has 0 aliphatic carbocycles. The van der Waals surface area contributed by atoms with Crippen molar-refractivity contribution in [1.82, 2.24) is 10.3 Å². The largest absolute Gasteiger partial charge is 0.512 e. The van der Waals surface area contributed by atoms with E-state index in [1.165, 1.54) is 31.1 Å². The SMILES string of the molecule is CC(=O)/C=C(/C)O.CNCc1ccnc(-c2[c-]cc(Oc3c(C)cc(C)cc3C)cc2Oc2c(C)cc(C)cc2C)c1.[Pt]. The summed E-state index contributed by atoms with van der Waals surface area (Å²) >= 11 is 0. The van der Waals surface area contributed by atoms with Gasteiger partial charge in [-0.3, -0.25) is 4.79 Å². The first-order valence-electron chi connectivity index (χ1n) is 13.9. The molecule has 4 rings (SSSR count). The van der Waals surface area contributed by atoms with Crippen molar-refractivity contribution in [3.8, 4) is 34.3 Å². The summed E-state index contributed by atoms with van der Waals surface area (Å²) in [6, 6.07) is 19.8. The van der Waals surface area contributed by atoms with E-state index < -0.39 is 0 Å². The number of allylic oxidation sites excluding steroid dienone is 2. The third kappa shape index (κ3) is 10.2. The molecule has 0 spiro atoms. The quantitative estimate of drug-likeness (QED) is 0.106. The van der Waals surface area contributed by atoms with E-state index in [-0.39, 0.29) is 32.6 Å². The van der Waals surface area contributed by atoms with Crippen molar-refractivity contribution in [1.29, 1.82) is 0 Å². The smallest absolute Gasteiger partial charge is 0.155 e. The van der Waals surface area contributed by atoms with E-state index in [0.29, 0.717) is 11.5 Å². The molecule has 3 aromatic carbocycles. The van der Waals surface area contributed by atoms with Gasteiger partial charge in [-0.05, 0) is 102 Å². The third-order valence-corrected chi connectivity index (χ3v) is 6.39. The maximum Gasteiger partial charge on any atom is 0.155 e. The van der Waals surface area contributed by atoms with Crippen LogP contribution < -0.4 is 14.8 Å². The van der Waals surface area contributed by atoms with Gasteiger partial charge in [0.05, 0.1) is 5.76 Å². The number of nitrogens with one attached hydrogen (secondary N) is 1.